The molecule has 0 bridgehead atoms. The van der Waals surface area contributed by atoms with Crippen molar-refractivity contribution in [3.63, 3.8) is 0 Å². The molecule has 0 aliphatic heterocycles. The minimum absolute atomic E-state index is 0.171. The van der Waals surface area contributed by atoms with Gasteiger partial charge in [0.05, 0.1) is 6.04 Å². The molecule has 0 aliphatic carbocycles. The van der Waals surface area contributed by atoms with E-state index in [2.05, 4.69) is 5.32 Å². The van der Waals surface area contributed by atoms with Gasteiger partial charge in [-0.2, -0.15) is 0 Å². The summed E-state index contributed by atoms with van der Waals surface area (Å²) in [5, 5.41) is 2.41. The maximum Gasteiger partial charge on any atom is 0.241 e. The van der Waals surface area contributed by atoms with Gasteiger partial charge in [0.15, 0.2) is 11.4 Å². The van der Waals surface area contributed by atoms with Crippen molar-refractivity contribution in [1.82, 2.24) is 5.32 Å². The van der Waals surface area contributed by atoms with Crippen molar-refractivity contribution < 1.29 is 14.4 Å². The van der Waals surface area contributed by atoms with Crippen molar-refractivity contribution in [2.75, 3.05) is 0 Å². The second-order valence-corrected chi connectivity index (χ2v) is 5.91. The summed E-state index contributed by atoms with van der Waals surface area (Å²) in [4.78, 5) is 35.4. The predicted octanol–water partition coefficient (Wildman–Crippen LogP) is -0.549. The highest BCUT2D eigenvalue weighted by atomic mass is 16.2. The van der Waals surface area contributed by atoms with E-state index in [1.165, 1.54) is 12.1 Å². The van der Waals surface area contributed by atoms with Gasteiger partial charge >= 0.3 is 0 Å². The molecule has 7 N–H and O–H groups in total. The summed E-state index contributed by atoms with van der Waals surface area (Å²) >= 11 is 0. The van der Waals surface area contributed by atoms with Gasteiger partial charge in [-0.15, -0.1) is 0 Å². The Bertz CT molecular complexity index is 558. The Morgan fingerprint density at radius 1 is 1.22 bits per heavy atom. The van der Waals surface area contributed by atoms with Gasteiger partial charge in [-0.1, -0.05) is 44.2 Å². The van der Waals surface area contributed by atoms with Crippen LogP contribution in [0.1, 0.15) is 30.6 Å². The van der Waals surface area contributed by atoms with Crippen LogP contribution in [-0.4, -0.2) is 35.7 Å². The Morgan fingerprint density at radius 3 is 2.26 bits per heavy atom. The summed E-state index contributed by atoms with van der Waals surface area (Å²) in [6.45, 7) is 3.79. The molecule has 1 aromatic rings. The third kappa shape index (κ3) is 4.95. The van der Waals surface area contributed by atoms with Crippen LogP contribution in [-0.2, 0) is 9.59 Å². The summed E-state index contributed by atoms with van der Waals surface area (Å²) in [6.07, 6.45) is 2.13. The van der Waals surface area contributed by atoms with Gasteiger partial charge in [-0.25, -0.2) is 0 Å². The lowest BCUT2D eigenvalue weighted by molar-refractivity contribution is -0.123. The smallest absolute Gasteiger partial charge is 0.241 e. The Labute approximate surface area is 135 Å². The number of carbonyl (C=O) groups is 2. The third-order valence-corrected chi connectivity index (χ3v) is 3.39. The molecule has 0 spiro atoms. The number of amides is 1. The van der Waals surface area contributed by atoms with Gasteiger partial charge in [0.1, 0.15) is 6.04 Å². The summed E-state index contributed by atoms with van der Waals surface area (Å²) in [7, 11) is 0. The van der Waals surface area contributed by atoms with Gasteiger partial charge in [-0.05, 0) is 12.3 Å². The lowest BCUT2D eigenvalue weighted by Gasteiger charge is -2.29. The lowest BCUT2D eigenvalue weighted by Crippen LogP contribution is -2.72. The standard InChI is InChI=1S/C16H23N4O3/c1-10(2)8-12(9-21)20-15(23)13(17)16(18,19)14(22)11-6-4-3-5-7-11/h3-7,10,12-13H,8,17-19H2,1-2H3,(H,20,23)/t12-,13?/m0/s1. The molecule has 7 heteroatoms. The van der Waals surface area contributed by atoms with Crippen molar-refractivity contribution in [2.45, 2.75) is 38.0 Å². The molecule has 1 unspecified atom stereocenters. The molecule has 7 nitrogen and oxygen atoms in total. The molecule has 0 aliphatic rings. The quantitative estimate of drug-likeness (QED) is 0.374. The van der Waals surface area contributed by atoms with Crippen LogP contribution in [0.2, 0.25) is 0 Å². The van der Waals surface area contributed by atoms with Crippen molar-refractivity contribution in [3.8, 4) is 0 Å². The van der Waals surface area contributed by atoms with Crippen molar-refractivity contribution in [3.05, 3.63) is 35.9 Å². The molecule has 0 saturated heterocycles. The zero-order valence-electron chi connectivity index (χ0n) is 13.3. The highest BCUT2D eigenvalue weighted by Gasteiger charge is 2.41. The zero-order valence-corrected chi connectivity index (χ0v) is 13.3. The van der Waals surface area contributed by atoms with Crippen molar-refractivity contribution >= 4 is 18.0 Å². The number of nitrogens with one attached hydrogen (secondary N) is 1. The molecular formula is C16H23N4O3. The number of hydrogen-bond acceptors (Lipinski definition) is 6. The topological polar surface area (TPSA) is 141 Å². The van der Waals surface area contributed by atoms with Gasteiger partial charge in [-0.3, -0.25) is 14.4 Å². The van der Waals surface area contributed by atoms with E-state index >= 15 is 0 Å². The minimum atomic E-state index is -2.09. The molecule has 0 heterocycles. The summed E-state index contributed by atoms with van der Waals surface area (Å²) in [5.41, 5.74) is 15.5. The van der Waals surface area contributed by atoms with Crippen LogP contribution >= 0.6 is 0 Å². The molecular weight excluding hydrogens is 296 g/mol. The molecule has 23 heavy (non-hydrogen) atoms. The van der Waals surface area contributed by atoms with Gasteiger partial charge in [0.2, 0.25) is 12.2 Å². The Kier molecular flexibility index (Phi) is 6.56. The van der Waals surface area contributed by atoms with Crippen LogP contribution < -0.4 is 22.5 Å². The Balaban J connectivity index is 2.84. The first-order valence-corrected chi connectivity index (χ1v) is 7.31. The molecule has 1 aromatic carbocycles. The Hall–Kier alpha value is -2.09. The maximum absolute atomic E-state index is 12.4. The molecule has 0 aromatic heterocycles. The lowest BCUT2D eigenvalue weighted by atomic mass is 9.92. The number of ketones is 1. The number of hydrogen-bond donors (Lipinski definition) is 4. The highest BCUT2D eigenvalue weighted by molar-refractivity contribution is 6.06. The number of Topliss-reactive ketones (excluding diaryl/α,β-unsaturated/α-hetero) is 1. The van der Waals surface area contributed by atoms with Gasteiger partial charge in [0, 0.05) is 5.56 Å². The Morgan fingerprint density at radius 2 is 1.78 bits per heavy atom. The van der Waals surface area contributed by atoms with Crippen molar-refractivity contribution in [2.24, 2.45) is 23.1 Å². The molecule has 0 fully saturated rings. The number of rotatable bonds is 8. The van der Waals surface area contributed by atoms with Crippen LogP contribution in [0.15, 0.2) is 30.3 Å². The zero-order chi connectivity index (χ0) is 17.6. The summed E-state index contributed by atoms with van der Waals surface area (Å²) in [5.74, 6) is -1.26. The predicted molar refractivity (Wildman–Crippen MR) is 86.9 cm³/mol. The van der Waals surface area contributed by atoms with Crippen LogP contribution in [0.3, 0.4) is 0 Å². The first kappa shape index (κ1) is 19.0. The van der Waals surface area contributed by atoms with E-state index in [-0.39, 0.29) is 11.5 Å². The summed E-state index contributed by atoms with van der Waals surface area (Å²) in [6, 6.07) is 5.76. The molecule has 1 amide bonds. The van der Waals surface area contributed by atoms with E-state index in [1.807, 2.05) is 13.8 Å². The normalized spacial score (nSPS) is 14.2. The molecule has 1 rings (SSSR count). The number of carbonyl (C=O) groups excluding carboxylic acids is 3. The highest BCUT2D eigenvalue weighted by Crippen LogP contribution is 2.10. The first-order valence-electron chi connectivity index (χ1n) is 7.31. The van der Waals surface area contributed by atoms with E-state index in [0.717, 1.165) is 0 Å². The fourth-order valence-electron chi connectivity index (χ4n) is 2.07. The second-order valence-electron chi connectivity index (χ2n) is 5.91. The second kappa shape index (κ2) is 7.96. The monoisotopic (exact) mass is 319 g/mol. The third-order valence-electron chi connectivity index (χ3n) is 3.39. The average Bonchev–Trinajstić information content (AvgIpc) is 2.52. The van der Waals surface area contributed by atoms with Crippen molar-refractivity contribution in [1.29, 1.82) is 0 Å². The number of benzene rings is 1. The molecule has 0 saturated carbocycles. The van der Waals surface area contributed by atoms with E-state index in [9.17, 15) is 14.4 Å². The fourth-order valence-corrected chi connectivity index (χ4v) is 2.07. The van der Waals surface area contributed by atoms with Crippen LogP contribution in [0.25, 0.3) is 0 Å². The van der Waals surface area contributed by atoms with Crippen LogP contribution in [0, 0.1) is 5.92 Å². The van der Waals surface area contributed by atoms with Gasteiger partial charge in [0.25, 0.3) is 0 Å². The first-order chi connectivity index (χ1) is 10.7. The van der Waals surface area contributed by atoms with Gasteiger partial charge < -0.3 is 22.5 Å². The summed E-state index contributed by atoms with van der Waals surface area (Å²) < 4.78 is 0. The van der Waals surface area contributed by atoms with Crippen LogP contribution in [0.4, 0.5) is 0 Å². The molecule has 1 radical (unpaired) electrons. The number of nitrogens with two attached hydrogens (primary N) is 3. The molecule has 125 valence electrons. The fraction of sp³-hybridized carbons (Fsp3) is 0.438. The SMILES string of the molecule is CC(C)C[C@@H]([C]=O)NC(=O)C(N)C(N)(N)C(=O)c1ccccc1. The largest absolute Gasteiger partial charge is 0.344 e. The maximum atomic E-state index is 12.4. The van der Waals surface area contributed by atoms with E-state index in [4.69, 9.17) is 17.2 Å². The van der Waals surface area contributed by atoms with E-state index in [0.29, 0.717) is 6.42 Å². The van der Waals surface area contributed by atoms with E-state index < -0.39 is 29.4 Å². The molecule has 2 atom stereocenters. The van der Waals surface area contributed by atoms with E-state index in [1.54, 1.807) is 24.5 Å². The average molecular weight is 319 g/mol. The minimum Gasteiger partial charge on any atom is -0.344 e. The van der Waals surface area contributed by atoms with Crippen LogP contribution in [0.5, 0.6) is 0 Å².